The SMILES string of the molecule is C[C@@H]1N(c2nc3c(cc2F)c(=O)c(C(=O)O)cn3-c2ccc(F)cc2F)C[C@@H]2C[C@@]21NC(=O)OC(C)(C)C. The topological polar surface area (TPSA) is 114 Å². The van der Waals surface area contributed by atoms with Crippen molar-refractivity contribution in [2.24, 2.45) is 5.92 Å². The Kier molecular flexibility index (Phi) is 5.69. The first-order chi connectivity index (χ1) is 17.7. The Morgan fingerprint density at radius 1 is 1.18 bits per heavy atom. The monoisotopic (exact) mass is 530 g/mol. The molecule has 38 heavy (non-hydrogen) atoms. The van der Waals surface area contributed by atoms with Gasteiger partial charge in [0.25, 0.3) is 0 Å². The van der Waals surface area contributed by atoms with Gasteiger partial charge in [-0.25, -0.2) is 27.7 Å². The predicted molar refractivity (Wildman–Crippen MR) is 131 cm³/mol. The molecule has 1 aromatic carbocycles. The molecule has 1 aliphatic heterocycles. The van der Waals surface area contributed by atoms with Gasteiger partial charge in [0.1, 0.15) is 22.8 Å². The molecule has 1 saturated carbocycles. The van der Waals surface area contributed by atoms with Gasteiger partial charge in [-0.3, -0.25) is 9.36 Å². The van der Waals surface area contributed by atoms with Gasteiger partial charge in [-0.2, -0.15) is 0 Å². The van der Waals surface area contributed by atoms with Crippen LogP contribution in [0.2, 0.25) is 0 Å². The highest BCUT2D eigenvalue weighted by molar-refractivity contribution is 5.92. The third kappa shape index (κ3) is 4.13. The minimum atomic E-state index is -1.60. The van der Waals surface area contributed by atoms with Gasteiger partial charge < -0.3 is 20.1 Å². The van der Waals surface area contributed by atoms with E-state index >= 15 is 4.39 Å². The number of fused-ring (bicyclic) bond motifs is 2. The molecule has 1 aliphatic carbocycles. The molecule has 3 atom stereocenters. The first-order valence-electron chi connectivity index (χ1n) is 11.9. The Morgan fingerprint density at radius 2 is 1.89 bits per heavy atom. The van der Waals surface area contributed by atoms with Crippen LogP contribution in [0.15, 0.2) is 35.3 Å². The molecular weight excluding hydrogens is 505 g/mol. The summed E-state index contributed by atoms with van der Waals surface area (Å²) in [5, 5.41) is 12.0. The van der Waals surface area contributed by atoms with Crippen LogP contribution in [-0.4, -0.2) is 50.4 Å². The van der Waals surface area contributed by atoms with Gasteiger partial charge in [-0.05, 0) is 52.3 Å². The van der Waals surface area contributed by atoms with Gasteiger partial charge in [0.05, 0.1) is 22.7 Å². The summed E-state index contributed by atoms with van der Waals surface area (Å²) in [6.07, 6.45) is 0.948. The van der Waals surface area contributed by atoms with Crippen molar-refractivity contribution in [2.75, 3.05) is 11.4 Å². The maximum atomic E-state index is 15.4. The predicted octanol–water partition coefficient (Wildman–Crippen LogP) is 3.99. The molecule has 0 unspecified atom stereocenters. The number of rotatable bonds is 4. The van der Waals surface area contributed by atoms with Crippen LogP contribution in [0.5, 0.6) is 0 Å². The number of piperidine rings is 1. The molecule has 2 aliphatic rings. The number of aromatic nitrogens is 2. The number of hydrogen-bond donors (Lipinski definition) is 2. The number of amides is 1. The summed E-state index contributed by atoms with van der Waals surface area (Å²) in [7, 11) is 0. The van der Waals surface area contributed by atoms with Crippen molar-refractivity contribution < 1.29 is 32.6 Å². The smallest absolute Gasteiger partial charge is 0.408 e. The Labute approximate surface area is 214 Å². The van der Waals surface area contributed by atoms with Gasteiger partial charge in [0.2, 0.25) is 5.43 Å². The van der Waals surface area contributed by atoms with Crippen LogP contribution < -0.4 is 15.6 Å². The Morgan fingerprint density at radius 3 is 2.53 bits per heavy atom. The highest BCUT2D eigenvalue weighted by Crippen LogP contribution is 2.54. The van der Waals surface area contributed by atoms with E-state index < -0.39 is 57.7 Å². The number of carbonyl (C=O) groups is 2. The molecule has 0 radical (unpaired) electrons. The highest BCUT2D eigenvalue weighted by Gasteiger charge is 2.66. The molecule has 5 rings (SSSR count). The lowest BCUT2D eigenvalue weighted by Gasteiger charge is -2.31. The van der Waals surface area contributed by atoms with Crippen molar-refractivity contribution in [3.8, 4) is 5.69 Å². The fourth-order valence-electron chi connectivity index (χ4n) is 5.21. The number of pyridine rings is 2. The first-order valence-corrected chi connectivity index (χ1v) is 11.9. The number of carboxylic acids is 1. The van der Waals surface area contributed by atoms with Gasteiger partial charge in [-0.1, -0.05) is 0 Å². The molecule has 200 valence electrons. The summed E-state index contributed by atoms with van der Waals surface area (Å²) in [5.74, 6) is -4.53. The Hall–Kier alpha value is -4.09. The zero-order valence-corrected chi connectivity index (χ0v) is 21.0. The second kappa shape index (κ2) is 8.47. The number of benzene rings is 1. The summed E-state index contributed by atoms with van der Waals surface area (Å²) < 4.78 is 50.1. The van der Waals surface area contributed by atoms with E-state index in [-0.39, 0.29) is 28.5 Å². The molecular formula is C26H25F3N4O5. The van der Waals surface area contributed by atoms with Gasteiger partial charge >= 0.3 is 12.1 Å². The summed E-state index contributed by atoms with van der Waals surface area (Å²) in [5.41, 5.74) is -3.57. The number of alkyl carbamates (subject to hydrolysis) is 1. The minimum Gasteiger partial charge on any atom is -0.477 e. The lowest BCUT2D eigenvalue weighted by Crippen LogP contribution is -2.50. The Bertz CT molecular complexity index is 1570. The number of halogens is 3. The minimum absolute atomic E-state index is 0.00645. The molecule has 1 saturated heterocycles. The summed E-state index contributed by atoms with van der Waals surface area (Å²) >= 11 is 0. The van der Waals surface area contributed by atoms with Gasteiger partial charge in [0, 0.05) is 24.7 Å². The molecule has 12 heteroatoms. The standard InChI is InChI=1S/C26H25F3N4O5/c1-12-26(31-24(37)38-25(2,3)4)9-13(26)10-32(12)22-18(29)8-15-20(34)16(23(35)36)11-33(21(15)30-22)19-6-5-14(27)7-17(19)28/h5-8,11-13H,9-10H2,1-4H3,(H,31,37)(H,35,36)/t12-,13-,26-/m0/s1. The second-order valence-electron chi connectivity index (χ2n) is 10.7. The summed E-state index contributed by atoms with van der Waals surface area (Å²) in [6.45, 7) is 7.37. The summed E-state index contributed by atoms with van der Waals surface area (Å²) in [4.78, 5) is 43.0. The maximum absolute atomic E-state index is 15.4. The molecule has 0 bridgehead atoms. The lowest BCUT2D eigenvalue weighted by molar-refractivity contribution is 0.0489. The average Bonchev–Trinajstić information content (AvgIpc) is 3.42. The number of nitrogens with one attached hydrogen (secondary N) is 1. The van der Waals surface area contributed by atoms with Gasteiger partial charge in [-0.15, -0.1) is 0 Å². The third-order valence-corrected chi connectivity index (χ3v) is 7.10. The first kappa shape index (κ1) is 25.6. The maximum Gasteiger partial charge on any atom is 0.408 e. The number of anilines is 1. The van der Waals surface area contributed by atoms with Crippen molar-refractivity contribution in [1.82, 2.24) is 14.9 Å². The quantitative estimate of drug-likeness (QED) is 0.524. The van der Waals surface area contributed by atoms with Crippen LogP contribution in [0.4, 0.5) is 23.8 Å². The zero-order chi connectivity index (χ0) is 27.7. The number of hydrogen-bond acceptors (Lipinski definition) is 6. The zero-order valence-electron chi connectivity index (χ0n) is 21.0. The fourth-order valence-corrected chi connectivity index (χ4v) is 5.21. The van der Waals surface area contributed by atoms with Crippen molar-refractivity contribution in [3.05, 3.63) is 63.7 Å². The lowest BCUT2D eigenvalue weighted by atomic mass is 10.1. The van der Waals surface area contributed by atoms with Crippen molar-refractivity contribution in [1.29, 1.82) is 0 Å². The molecule has 2 N–H and O–H groups in total. The molecule has 1 amide bonds. The van der Waals surface area contributed by atoms with Crippen LogP contribution >= 0.6 is 0 Å². The van der Waals surface area contributed by atoms with Crippen LogP contribution in [0.3, 0.4) is 0 Å². The molecule has 2 aromatic heterocycles. The highest BCUT2D eigenvalue weighted by atomic mass is 19.1. The largest absolute Gasteiger partial charge is 0.477 e. The molecule has 9 nitrogen and oxygen atoms in total. The van der Waals surface area contributed by atoms with E-state index in [4.69, 9.17) is 4.74 Å². The normalized spacial score (nSPS) is 22.3. The number of carboxylic acid groups (broad SMARTS) is 1. The second-order valence-corrected chi connectivity index (χ2v) is 10.7. The number of ether oxygens (including phenoxy) is 1. The van der Waals surface area contributed by atoms with Gasteiger partial charge in [0.15, 0.2) is 17.3 Å². The third-order valence-electron chi connectivity index (χ3n) is 7.10. The fraction of sp³-hybridized carbons (Fsp3) is 0.385. The van der Waals surface area contributed by atoms with Crippen molar-refractivity contribution in [2.45, 2.75) is 51.3 Å². The van der Waals surface area contributed by atoms with E-state index in [2.05, 4.69) is 10.3 Å². The van der Waals surface area contributed by atoms with E-state index in [0.717, 1.165) is 29.0 Å². The van der Waals surface area contributed by atoms with Crippen LogP contribution in [0.25, 0.3) is 16.7 Å². The molecule has 3 heterocycles. The van der Waals surface area contributed by atoms with E-state index in [1.54, 1.807) is 32.6 Å². The van der Waals surface area contributed by atoms with E-state index in [1.165, 1.54) is 0 Å². The van der Waals surface area contributed by atoms with Crippen LogP contribution in [-0.2, 0) is 4.74 Å². The molecule has 2 fully saturated rings. The number of aromatic carboxylic acids is 1. The number of nitrogens with zero attached hydrogens (tertiary/aromatic N) is 3. The van der Waals surface area contributed by atoms with Crippen molar-refractivity contribution in [3.63, 3.8) is 0 Å². The average molecular weight is 531 g/mol. The van der Waals surface area contributed by atoms with E-state index in [0.29, 0.717) is 19.0 Å². The number of carbonyl (C=O) groups excluding carboxylic acids is 1. The van der Waals surface area contributed by atoms with Crippen LogP contribution in [0, 0.1) is 23.4 Å². The Balaban J connectivity index is 1.61. The van der Waals surface area contributed by atoms with E-state index in [9.17, 15) is 28.3 Å². The van der Waals surface area contributed by atoms with E-state index in [1.807, 2.05) is 0 Å². The molecule has 3 aromatic rings. The summed E-state index contributed by atoms with van der Waals surface area (Å²) in [6, 6.07) is 3.09. The van der Waals surface area contributed by atoms with Crippen LogP contribution in [0.1, 0.15) is 44.5 Å². The van der Waals surface area contributed by atoms with Crippen molar-refractivity contribution >= 4 is 28.9 Å². The molecule has 0 spiro atoms.